The van der Waals surface area contributed by atoms with Gasteiger partial charge in [-0.25, -0.2) is 9.97 Å². The smallest absolute Gasteiger partial charge is 0.253 e. The Bertz CT molecular complexity index is 770. The number of amides is 1. The molecular weight excluding hydrogens is 340 g/mol. The van der Waals surface area contributed by atoms with E-state index in [1.165, 1.54) is 6.42 Å². The van der Waals surface area contributed by atoms with Gasteiger partial charge in [0.15, 0.2) is 5.82 Å². The van der Waals surface area contributed by atoms with E-state index >= 15 is 0 Å². The minimum absolute atomic E-state index is 0.0410. The van der Waals surface area contributed by atoms with Crippen molar-refractivity contribution < 1.29 is 9.53 Å². The lowest BCUT2D eigenvalue weighted by atomic mass is 10.1. The van der Waals surface area contributed by atoms with Gasteiger partial charge in [-0.05, 0) is 45.2 Å². The molecular formula is C21H28N4O2. The highest BCUT2D eigenvalue weighted by Gasteiger charge is 2.21. The monoisotopic (exact) mass is 368 g/mol. The second-order valence-corrected chi connectivity index (χ2v) is 6.88. The van der Waals surface area contributed by atoms with Crippen LogP contribution >= 0.6 is 0 Å². The van der Waals surface area contributed by atoms with Crippen LogP contribution in [0.4, 0.5) is 5.82 Å². The number of hydrogen-bond donors (Lipinski definition) is 1. The number of carbonyl (C=O) groups excluding carboxylic acids is 1. The number of aromatic nitrogens is 2. The van der Waals surface area contributed by atoms with Crippen molar-refractivity contribution in [1.82, 2.24) is 14.9 Å². The summed E-state index contributed by atoms with van der Waals surface area (Å²) >= 11 is 0. The van der Waals surface area contributed by atoms with Crippen LogP contribution in [-0.4, -0.2) is 53.6 Å². The Balaban J connectivity index is 1.73. The van der Waals surface area contributed by atoms with Crippen LogP contribution in [0.2, 0.25) is 0 Å². The number of anilines is 1. The molecule has 0 bridgehead atoms. The summed E-state index contributed by atoms with van der Waals surface area (Å²) in [5.74, 6) is 1.47. The first kappa shape index (κ1) is 19.3. The maximum atomic E-state index is 12.9. The van der Waals surface area contributed by atoms with E-state index in [1.54, 1.807) is 0 Å². The minimum atomic E-state index is 0.0410. The summed E-state index contributed by atoms with van der Waals surface area (Å²) in [4.78, 5) is 23.7. The van der Waals surface area contributed by atoms with Gasteiger partial charge in [-0.15, -0.1) is 0 Å². The number of likely N-dealkylation sites (N-methyl/N-ethyl adjacent to an activating group) is 1. The molecule has 0 saturated carbocycles. The number of carbonyl (C=O) groups is 1. The normalized spacial score (nSPS) is 16.8. The molecule has 1 aliphatic rings. The van der Waals surface area contributed by atoms with Gasteiger partial charge in [-0.3, -0.25) is 4.79 Å². The molecule has 1 aromatic carbocycles. The summed E-state index contributed by atoms with van der Waals surface area (Å²) in [6, 6.07) is 9.42. The molecule has 144 valence electrons. The first-order valence-corrected chi connectivity index (χ1v) is 9.65. The highest BCUT2D eigenvalue weighted by molar-refractivity contribution is 5.94. The van der Waals surface area contributed by atoms with Crippen molar-refractivity contribution in [2.75, 3.05) is 32.1 Å². The molecule has 6 heteroatoms. The van der Waals surface area contributed by atoms with Crippen molar-refractivity contribution in [3.05, 3.63) is 41.6 Å². The zero-order valence-corrected chi connectivity index (χ0v) is 16.4. The molecule has 1 amide bonds. The van der Waals surface area contributed by atoms with Crippen LogP contribution < -0.4 is 5.32 Å². The quantitative estimate of drug-likeness (QED) is 0.845. The molecule has 27 heavy (non-hydrogen) atoms. The topological polar surface area (TPSA) is 67.3 Å². The zero-order chi connectivity index (χ0) is 19.2. The fourth-order valence-corrected chi connectivity index (χ4v) is 3.32. The SMILES string of the molecule is CCN(CC1CCCCO1)C(=O)c1ccc(-c2nc(C)cc(NC)n2)cc1. The van der Waals surface area contributed by atoms with Gasteiger partial charge in [-0.2, -0.15) is 0 Å². The fraction of sp³-hybridized carbons (Fsp3) is 0.476. The Morgan fingerprint density at radius 3 is 2.67 bits per heavy atom. The zero-order valence-electron chi connectivity index (χ0n) is 16.4. The Morgan fingerprint density at radius 1 is 1.26 bits per heavy atom. The Hall–Kier alpha value is -2.47. The van der Waals surface area contributed by atoms with Crippen molar-refractivity contribution in [2.45, 2.75) is 39.2 Å². The molecule has 1 saturated heterocycles. The number of aryl methyl sites for hydroxylation is 1. The lowest BCUT2D eigenvalue weighted by Gasteiger charge is -2.29. The second kappa shape index (κ2) is 8.95. The van der Waals surface area contributed by atoms with Gasteiger partial charge in [-0.1, -0.05) is 12.1 Å². The van der Waals surface area contributed by atoms with Crippen LogP contribution in [-0.2, 0) is 4.74 Å². The molecule has 1 N–H and O–H groups in total. The van der Waals surface area contributed by atoms with Gasteiger partial charge < -0.3 is 15.0 Å². The lowest BCUT2D eigenvalue weighted by Crippen LogP contribution is -2.39. The first-order chi connectivity index (χ1) is 13.1. The standard InChI is InChI=1S/C21H28N4O2/c1-4-25(14-18-7-5-6-12-27-18)21(26)17-10-8-16(9-11-17)20-23-15(2)13-19(22-3)24-20/h8-11,13,18H,4-7,12,14H2,1-3H3,(H,22,23,24). The third kappa shape index (κ3) is 4.83. The molecule has 1 fully saturated rings. The molecule has 6 nitrogen and oxygen atoms in total. The molecule has 3 rings (SSSR count). The fourth-order valence-electron chi connectivity index (χ4n) is 3.32. The van der Waals surface area contributed by atoms with Gasteiger partial charge in [0.1, 0.15) is 5.82 Å². The van der Waals surface area contributed by atoms with Crippen LogP contribution in [0.15, 0.2) is 30.3 Å². The van der Waals surface area contributed by atoms with Crippen molar-refractivity contribution >= 4 is 11.7 Å². The van der Waals surface area contributed by atoms with Gasteiger partial charge in [0.25, 0.3) is 5.91 Å². The highest BCUT2D eigenvalue weighted by Crippen LogP contribution is 2.20. The predicted molar refractivity (Wildman–Crippen MR) is 107 cm³/mol. The number of rotatable bonds is 6. The summed E-state index contributed by atoms with van der Waals surface area (Å²) in [6.45, 7) is 6.08. The third-order valence-electron chi connectivity index (χ3n) is 4.87. The Kier molecular flexibility index (Phi) is 6.40. The molecule has 1 aromatic heterocycles. The van der Waals surface area contributed by atoms with E-state index < -0.39 is 0 Å². The van der Waals surface area contributed by atoms with Crippen molar-refractivity contribution in [1.29, 1.82) is 0 Å². The van der Waals surface area contributed by atoms with Gasteiger partial charge >= 0.3 is 0 Å². The molecule has 0 aliphatic carbocycles. The van der Waals surface area contributed by atoms with Gasteiger partial charge in [0.05, 0.1) is 6.10 Å². The summed E-state index contributed by atoms with van der Waals surface area (Å²) in [5, 5.41) is 3.05. The van der Waals surface area contributed by atoms with Crippen LogP contribution in [0.3, 0.4) is 0 Å². The highest BCUT2D eigenvalue weighted by atomic mass is 16.5. The molecule has 2 heterocycles. The lowest BCUT2D eigenvalue weighted by molar-refractivity contribution is -0.00311. The van der Waals surface area contributed by atoms with E-state index in [9.17, 15) is 4.79 Å². The summed E-state index contributed by atoms with van der Waals surface area (Å²) in [6.07, 6.45) is 3.48. The maximum Gasteiger partial charge on any atom is 0.253 e. The van der Waals surface area contributed by atoms with Crippen LogP contribution in [0.25, 0.3) is 11.4 Å². The van der Waals surface area contributed by atoms with E-state index in [-0.39, 0.29) is 12.0 Å². The number of benzene rings is 1. The average Bonchev–Trinajstić information content (AvgIpc) is 2.72. The van der Waals surface area contributed by atoms with Crippen LogP contribution in [0.5, 0.6) is 0 Å². The van der Waals surface area contributed by atoms with Crippen molar-refractivity contribution in [2.24, 2.45) is 0 Å². The number of hydrogen-bond acceptors (Lipinski definition) is 5. The second-order valence-electron chi connectivity index (χ2n) is 6.88. The van der Waals surface area contributed by atoms with Crippen molar-refractivity contribution in [3.63, 3.8) is 0 Å². The van der Waals surface area contributed by atoms with Gasteiger partial charge in [0, 0.05) is 49.6 Å². The Morgan fingerprint density at radius 2 is 2.04 bits per heavy atom. The van der Waals surface area contributed by atoms with E-state index in [1.807, 2.05) is 56.1 Å². The van der Waals surface area contributed by atoms with E-state index in [0.29, 0.717) is 24.5 Å². The van der Waals surface area contributed by atoms with Crippen molar-refractivity contribution in [3.8, 4) is 11.4 Å². The third-order valence-corrected chi connectivity index (χ3v) is 4.87. The molecule has 1 atom stereocenters. The molecule has 0 spiro atoms. The Labute approximate surface area is 161 Å². The minimum Gasteiger partial charge on any atom is -0.376 e. The average molecular weight is 368 g/mol. The summed E-state index contributed by atoms with van der Waals surface area (Å²) < 4.78 is 5.79. The van der Waals surface area contributed by atoms with E-state index in [2.05, 4.69) is 15.3 Å². The first-order valence-electron chi connectivity index (χ1n) is 9.65. The van der Waals surface area contributed by atoms with E-state index in [0.717, 1.165) is 36.5 Å². The molecule has 1 aliphatic heterocycles. The van der Waals surface area contributed by atoms with Crippen LogP contribution in [0.1, 0.15) is 42.2 Å². The molecule has 2 aromatic rings. The molecule has 1 unspecified atom stereocenters. The maximum absolute atomic E-state index is 12.9. The van der Waals surface area contributed by atoms with Gasteiger partial charge in [0.2, 0.25) is 0 Å². The van der Waals surface area contributed by atoms with Crippen LogP contribution in [0, 0.1) is 6.92 Å². The summed E-state index contributed by atoms with van der Waals surface area (Å²) in [7, 11) is 1.84. The predicted octanol–water partition coefficient (Wildman–Crippen LogP) is 3.52. The largest absolute Gasteiger partial charge is 0.376 e. The number of nitrogens with zero attached hydrogens (tertiary/aromatic N) is 3. The van der Waals surface area contributed by atoms with E-state index in [4.69, 9.17) is 4.74 Å². The number of ether oxygens (including phenoxy) is 1. The summed E-state index contributed by atoms with van der Waals surface area (Å²) in [5.41, 5.74) is 2.47. The molecule has 0 radical (unpaired) electrons. The number of nitrogens with one attached hydrogen (secondary N) is 1.